The van der Waals surface area contributed by atoms with E-state index in [9.17, 15) is 14.2 Å². The monoisotopic (exact) mass is 558 g/mol. The fourth-order valence-corrected chi connectivity index (χ4v) is 9.62. The van der Waals surface area contributed by atoms with Gasteiger partial charge in [0.2, 0.25) is 0 Å². The predicted octanol–water partition coefficient (Wildman–Crippen LogP) is 7.32. The Morgan fingerprint density at radius 3 is 2.16 bits per heavy atom. The van der Waals surface area contributed by atoms with Crippen LogP contribution in [0.4, 0.5) is 0 Å². The van der Waals surface area contributed by atoms with Crippen LogP contribution in [-0.4, -0.2) is 15.5 Å². The zero-order valence-corrected chi connectivity index (χ0v) is 25.1. The fourth-order valence-electron chi connectivity index (χ4n) is 4.72. The van der Waals surface area contributed by atoms with Crippen LogP contribution in [0.1, 0.15) is 89.3 Å². The third-order valence-electron chi connectivity index (χ3n) is 6.78. The molecule has 0 fully saturated rings. The third-order valence-corrected chi connectivity index (χ3v) is 12.5. The van der Waals surface area contributed by atoms with Crippen molar-refractivity contribution in [1.29, 1.82) is 0 Å². The molecule has 6 nitrogen and oxygen atoms in total. The second kappa shape index (κ2) is 14.8. The lowest BCUT2D eigenvalue weighted by atomic mass is 10.0. The van der Waals surface area contributed by atoms with Crippen molar-refractivity contribution in [3.8, 4) is 5.69 Å². The van der Waals surface area contributed by atoms with E-state index in [4.69, 9.17) is 4.52 Å². The first-order valence-corrected chi connectivity index (χ1v) is 17.6. The number of nitrogens with zero attached hydrogens (tertiary/aromatic N) is 2. The molecule has 0 spiro atoms. The number of hydrogen-bond acceptors (Lipinski definition) is 5. The summed E-state index contributed by atoms with van der Waals surface area (Å²) in [7, 11) is 0. The molecule has 1 aromatic heterocycles. The quantitative estimate of drug-likeness (QED) is 0.136. The molecule has 0 aliphatic heterocycles. The molecule has 0 radical (unpaired) electrons. The van der Waals surface area contributed by atoms with Crippen LogP contribution < -0.4 is 16.8 Å². The minimum Gasteiger partial charge on any atom is -0.312 e. The van der Waals surface area contributed by atoms with Crippen LogP contribution in [0.5, 0.6) is 0 Å². The van der Waals surface area contributed by atoms with E-state index in [2.05, 4.69) is 39.0 Å². The molecule has 0 saturated carbocycles. The van der Waals surface area contributed by atoms with Gasteiger partial charge in [-0.15, -0.1) is 4.74 Å². The van der Waals surface area contributed by atoms with E-state index < -0.39 is 17.8 Å². The maximum absolute atomic E-state index is 14.0. The predicted molar refractivity (Wildman–Crippen MR) is 161 cm³/mol. The lowest BCUT2D eigenvalue weighted by Gasteiger charge is -2.17. The molecule has 0 amide bonds. The second-order valence-corrected chi connectivity index (χ2v) is 15.3. The maximum Gasteiger partial charge on any atom is 0.443 e. The Kier molecular flexibility index (Phi) is 11.8. The minimum atomic E-state index is -2.86. The second-order valence-electron chi connectivity index (χ2n) is 9.96. The molecular weight excluding hydrogens is 515 g/mol. The molecule has 208 valence electrons. The first kappa shape index (κ1) is 30.3. The maximum atomic E-state index is 14.0. The molecule has 1 heterocycles. The Balaban J connectivity index is 1.82. The zero-order chi connectivity index (χ0) is 27.5. The van der Waals surface area contributed by atoms with Crippen molar-refractivity contribution in [1.82, 2.24) is 9.31 Å². The average molecular weight is 559 g/mol. The molecule has 0 N–H and O–H groups in total. The highest BCUT2D eigenvalue weighted by atomic mass is 32.7. The molecule has 0 bridgehead atoms. The summed E-state index contributed by atoms with van der Waals surface area (Å²) in [5.41, 5.74) is 3.51. The van der Waals surface area contributed by atoms with E-state index in [0.717, 1.165) is 65.1 Å². The van der Waals surface area contributed by atoms with Crippen molar-refractivity contribution in [2.75, 3.05) is 6.16 Å². The third kappa shape index (κ3) is 7.66. The van der Waals surface area contributed by atoms with Gasteiger partial charge in [0.1, 0.15) is 0 Å². The number of benzene rings is 2. The summed E-state index contributed by atoms with van der Waals surface area (Å²) < 4.78 is 21.6. The highest BCUT2D eigenvalue weighted by Gasteiger charge is 2.26. The number of unbranched alkanes of at least 4 members (excludes halogenated alkanes) is 3. The fraction of sp³-hybridized carbons (Fsp3) is 0.533. The Labute approximate surface area is 230 Å². The van der Waals surface area contributed by atoms with Crippen LogP contribution in [0.25, 0.3) is 5.69 Å². The van der Waals surface area contributed by atoms with Crippen LogP contribution in [0.2, 0.25) is 0 Å². The molecule has 2 aromatic carbocycles. The van der Waals surface area contributed by atoms with Gasteiger partial charge >= 0.3 is 11.4 Å². The van der Waals surface area contributed by atoms with Crippen molar-refractivity contribution in [2.45, 2.75) is 97.8 Å². The van der Waals surface area contributed by atoms with Gasteiger partial charge in [-0.2, -0.15) is 0 Å². The summed E-state index contributed by atoms with van der Waals surface area (Å²) in [5, 5.41) is 0.787. The van der Waals surface area contributed by atoms with E-state index in [-0.39, 0.29) is 5.88 Å². The Bertz CT molecular complexity index is 1320. The van der Waals surface area contributed by atoms with Gasteiger partial charge < -0.3 is 9.09 Å². The smallest absolute Gasteiger partial charge is 0.312 e. The Morgan fingerprint density at radius 1 is 0.789 bits per heavy atom. The van der Waals surface area contributed by atoms with Gasteiger partial charge in [-0.05, 0) is 54.9 Å². The van der Waals surface area contributed by atoms with Crippen LogP contribution in [0.15, 0.2) is 56.6 Å². The van der Waals surface area contributed by atoms with Crippen molar-refractivity contribution in [3.05, 3.63) is 80.2 Å². The average Bonchev–Trinajstić information content (AvgIpc) is 3.19. The lowest BCUT2D eigenvalue weighted by molar-refractivity contribution is 0.311. The SMILES string of the molecule is CCCCCCc1ccc(P(=O)(CCC)SCn2c(=O)on(-c3ccc(CCC)cc3CCC)c2=O)cc1. The van der Waals surface area contributed by atoms with E-state index in [0.29, 0.717) is 11.8 Å². The van der Waals surface area contributed by atoms with Gasteiger partial charge in [-0.1, -0.05) is 108 Å². The first-order chi connectivity index (χ1) is 18.4. The van der Waals surface area contributed by atoms with Crippen LogP contribution in [0, 0.1) is 0 Å². The van der Waals surface area contributed by atoms with Gasteiger partial charge in [0.15, 0.2) is 6.34 Å². The first-order valence-electron chi connectivity index (χ1n) is 14.1. The summed E-state index contributed by atoms with van der Waals surface area (Å²) >= 11 is 1.19. The largest absolute Gasteiger partial charge is 0.443 e. The molecule has 38 heavy (non-hydrogen) atoms. The summed E-state index contributed by atoms with van der Waals surface area (Å²) in [6.45, 7) is 8.43. The van der Waals surface area contributed by atoms with E-state index >= 15 is 0 Å². The highest BCUT2D eigenvalue weighted by molar-refractivity contribution is 8.59. The zero-order valence-electron chi connectivity index (χ0n) is 23.4. The van der Waals surface area contributed by atoms with Gasteiger partial charge in [0.05, 0.1) is 11.6 Å². The normalized spacial score (nSPS) is 13.1. The van der Waals surface area contributed by atoms with E-state index in [1.165, 1.54) is 41.8 Å². The summed E-state index contributed by atoms with van der Waals surface area (Å²) in [5.74, 6) is -0.741. The van der Waals surface area contributed by atoms with Crippen molar-refractivity contribution in [3.63, 3.8) is 0 Å². The summed E-state index contributed by atoms with van der Waals surface area (Å²) in [4.78, 5) is 26.0. The summed E-state index contributed by atoms with van der Waals surface area (Å²) in [6.07, 6.45) is 7.95. The van der Waals surface area contributed by atoms with Gasteiger partial charge in [0, 0.05) is 11.5 Å². The van der Waals surface area contributed by atoms with E-state index in [1.54, 1.807) is 0 Å². The minimum absolute atomic E-state index is 0.0127. The standard InChI is InChI=1S/C30H43N2O4PS/c1-5-9-10-11-14-24-15-18-27(19-16-24)37(35,21-8-4)38-23-31-29(33)32(36-30(31)34)28-20-17-25(12-6-2)22-26(28)13-7-3/h15-20,22H,5-14,21,23H2,1-4H3. The van der Waals surface area contributed by atoms with Gasteiger partial charge in [-0.3, -0.25) is 0 Å². The lowest BCUT2D eigenvalue weighted by Crippen LogP contribution is -2.28. The molecule has 3 aromatic rings. The summed E-state index contributed by atoms with van der Waals surface area (Å²) in [6, 6.07) is 14.0. The highest BCUT2D eigenvalue weighted by Crippen LogP contribution is 2.58. The van der Waals surface area contributed by atoms with Crippen molar-refractivity contribution in [2.24, 2.45) is 0 Å². The van der Waals surface area contributed by atoms with Crippen molar-refractivity contribution >= 4 is 23.0 Å². The molecule has 0 saturated heterocycles. The van der Waals surface area contributed by atoms with Crippen LogP contribution in [0.3, 0.4) is 0 Å². The molecule has 0 aliphatic carbocycles. The van der Waals surface area contributed by atoms with Crippen LogP contribution >= 0.6 is 17.7 Å². The molecule has 0 aliphatic rings. The molecule has 8 heteroatoms. The topological polar surface area (TPSA) is 74.2 Å². The number of rotatable bonds is 16. The Morgan fingerprint density at radius 2 is 1.50 bits per heavy atom. The van der Waals surface area contributed by atoms with E-state index in [1.807, 2.05) is 31.2 Å². The number of hydrogen-bond donors (Lipinski definition) is 0. The number of aromatic nitrogens is 2. The molecular formula is C30H43N2O4PS. The molecule has 1 unspecified atom stereocenters. The molecule has 3 rings (SSSR count). The van der Waals surface area contributed by atoms with Gasteiger partial charge in [0.25, 0.3) is 0 Å². The van der Waals surface area contributed by atoms with Gasteiger partial charge in [-0.25, -0.2) is 14.2 Å². The van der Waals surface area contributed by atoms with Crippen LogP contribution in [-0.2, 0) is 29.7 Å². The van der Waals surface area contributed by atoms with Crippen molar-refractivity contribution < 1.29 is 9.09 Å². The Hall–Kier alpha value is -2.24. The number of aryl methyl sites for hydroxylation is 3. The molecule has 1 atom stereocenters.